The molecule has 0 aliphatic carbocycles. The Bertz CT molecular complexity index is 682. The van der Waals surface area contributed by atoms with Gasteiger partial charge in [-0.2, -0.15) is 5.10 Å². The van der Waals surface area contributed by atoms with Crippen LogP contribution in [0.2, 0.25) is 5.02 Å². The topological polar surface area (TPSA) is 73.0 Å². The van der Waals surface area contributed by atoms with E-state index >= 15 is 0 Å². The third-order valence-electron chi connectivity index (χ3n) is 3.52. The highest BCUT2D eigenvalue weighted by Crippen LogP contribution is 2.22. The van der Waals surface area contributed by atoms with Crippen molar-refractivity contribution in [1.82, 2.24) is 15.1 Å². The number of aryl methyl sites for hydroxylation is 2. The van der Waals surface area contributed by atoms with Crippen molar-refractivity contribution >= 4 is 17.3 Å². The van der Waals surface area contributed by atoms with E-state index in [9.17, 15) is 10.1 Å². The summed E-state index contributed by atoms with van der Waals surface area (Å²) in [5.74, 6) is 0. The highest BCUT2D eigenvalue weighted by Gasteiger charge is 2.11. The first kappa shape index (κ1) is 15.5. The van der Waals surface area contributed by atoms with Crippen molar-refractivity contribution in [1.29, 1.82) is 0 Å². The van der Waals surface area contributed by atoms with E-state index < -0.39 is 4.92 Å². The average molecular weight is 309 g/mol. The quantitative estimate of drug-likeness (QED) is 0.681. The van der Waals surface area contributed by atoms with E-state index in [-0.39, 0.29) is 5.69 Å². The van der Waals surface area contributed by atoms with Gasteiger partial charge < -0.3 is 5.32 Å². The fourth-order valence-corrected chi connectivity index (χ4v) is 2.43. The van der Waals surface area contributed by atoms with Gasteiger partial charge in [0.25, 0.3) is 5.69 Å². The summed E-state index contributed by atoms with van der Waals surface area (Å²) in [7, 11) is 1.92. The Morgan fingerprint density at radius 3 is 2.62 bits per heavy atom. The Hall–Kier alpha value is -1.92. The Kier molecular flexibility index (Phi) is 4.59. The number of non-ortho nitro benzene ring substituents is 1. The van der Waals surface area contributed by atoms with Crippen LogP contribution in [0, 0.1) is 24.0 Å². The smallest absolute Gasteiger partial charge is 0.270 e. The Morgan fingerprint density at radius 2 is 2.10 bits per heavy atom. The summed E-state index contributed by atoms with van der Waals surface area (Å²) < 4.78 is 1.85. The summed E-state index contributed by atoms with van der Waals surface area (Å²) in [6.07, 6.45) is 0. The van der Waals surface area contributed by atoms with Crippen LogP contribution >= 0.6 is 11.6 Å². The number of hydrogen-bond donors (Lipinski definition) is 1. The van der Waals surface area contributed by atoms with Crippen molar-refractivity contribution in [3.63, 3.8) is 0 Å². The highest BCUT2D eigenvalue weighted by atomic mass is 35.5. The summed E-state index contributed by atoms with van der Waals surface area (Å²) in [5, 5.41) is 18.7. The lowest BCUT2D eigenvalue weighted by molar-refractivity contribution is -0.384. The minimum atomic E-state index is -0.453. The fourth-order valence-electron chi connectivity index (χ4n) is 2.19. The lowest BCUT2D eigenvalue weighted by Gasteiger charge is -2.07. The largest absolute Gasteiger partial charge is 0.308 e. The van der Waals surface area contributed by atoms with Crippen LogP contribution in [0.25, 0.3) is 0 Å². The molecule has 0 atom stereocenters. The third kappa shape index (κ3) is 3.40. The van der Waals surface area contributed by atoms with Gasteiger partial charge in [0.15, 0.2) is 0 Å². The third-order valence-corrected chi connectivity index (χ3v) is 3.88. The normalized spacial score (nSPS) is 10.9. The monoisotopic (exact) mass is 308 g/mol. The maximum atomic E-state index is 10.7. The van der Waals surface area contributed by atoms with E-state index in [1.807, 2.05) is 25.6 Å². The number of nitrogens with one attached hydrogen (secondary N) is 1. The van der Waals surface area contributed by atoms with Gasteiger partial charge in [0.05, 0.1) is 15.6 Å². The van der Waals surface area contributed by atoms with Crippen molar-refractivity contribution in [3.8, 4) is 0 Å². The maximum absolute atomic E-state index is 10.7. The number of halogens is 1. The molecule has 0 saturated heterocycles. The van der Waals surface area contributed by atoms with E-state index in [1.165, 1.54) is 12.1 Å². The van der Waals surface area contributed by atoms with E-state index in [0.29, 0.717) is 18.1 Å². The van der Waals surface area contributed by atoms with E-state index in [4.69, 9.17) is 11.6 Å². The van der Waals surface area contributed by atoms with Crippen LogP contribution in [-0.2, 0) is 20.1 Å². The number of aromatic nitrogens is 2. The van der Waals surface area contributed by atoms with Gasteiger partial charge in [-0.15, -0.1) is 0 Å². The van der Waals surface area contributed by atoms with Crippen LogP contribution in [-0.4, -0.2) is 14.7 Å². The molecule has 2 rings (SSSR count). The SMILES string of the molecule is Cc1nn(C)c(C)c1CNCc1ccc([N+](=O)[O-])cc1Cl. The van der Waals surface area contributed by atoms with Crippen LogP contribution < -0.4 is 5.32 Å². The minimum absolute atomic E-state index is 0.00250. The molecule has 0 spiro atoms. The van der Waals surface area contributed by atoms with Gasteiger partial charge in [-0.05, 0) is 25.5 Å². The van der Waals surface area contributed by atoms with Crippen molar-refractivity contribution in [3.05, 3.63) is 55.9 Å². The second-order valence-corrected chi connectivity index (χ2v) is 5.32. The molecule has 7 heteroatoms. The van der Waals surface area contributed by atoms with Gasteiger partial charge in [-0.25, -0.2) is 0 Å². The second-order valence-electron chi connectivity index (χ2n) is 4.91. The highest BCUT2D eigenvalue weighted by molar-refractivity contribution is 6.31. The number of hydrogen-bond acceptors (Lipinski definition) is 4. The molecule has 0 saturated carbocycles. The number of nitrogens with zero attached hydrogens (tertiary/aromatic N) is 3. The summed E-state index contributed by atoms with van der Waals surface area (Å²) in [5.41, 5.74) is 4.12. The molecule has 0 bridgehead atoms. The lowest BCUT2D eigenvalue weighted by atomic mass is 10.1. The molecular formula is C14H17ClN4O2. The molecule has 1 heterocycles. The van der Waals surface area contributed by atoms with E-state index in [0.717, 1.165) is 22.5 Å². The minimum Gasteiger partial charge on any atom is -0.308 e. The molecule has 0 amide bonds. The number of nitro groups is 1. The van der Waals surface area contributed by atoms with Gasteiger partial charge in [0.2, 0.25) is 0 Å². The van der Waals surface area contributed by atoms with Gasteiger partial charge in [-0.3, -0.25) is 14.8 Å². The average Bonchev–Trinajstić information content (AvgIpc) is 2.66. The Morgan fingerprint density at radius 1 is 1.38 bits per heavy atom. The molecule has 112 valence electrons. The van der Waals surface area contributed by atoms with Crippen LogP contribution in [0.1, 0.15) is 22.5 Å². The molecule has 0 radical (unpaired) electrons. The van der Waals surface area contributed by atoms with Gasteiger partial charge in [0.1, 0.15) is 0 Å². The molecule has 0 aliphatic rings. The van der Waals surface area contributed by atoms with Crippen molar-refractivity contribution in [2.45, 2.75) is 26.9 Å². The van der Waals surface area contributed by atoms with E-state index in [1.54, 1.807) is 6.07 Å². The van der Waals surface area contributed by atoms with Crippen LogP contribution in [0.4, 0.5) is 5.69 Å². The zero-order valence-electron chi connectivity index (χ0n) is 12.2. The molecule has 6 nitrogen and oxygen atoms in total. The van der Waals surface area contributed by atoms with Crippen molar-refractivity contribution in [2.24, 2.45) is 7.05 Å². The molecule has 1 aromatic carbocycles. The Labute approximate surface area is 127 Å². The van der Waals surface area contributed by atoms with Gasteiger partial charge in [-0.1, -0.05) is 11.6 Å². The second kappa shape index (κ2) is 6.24. The molecule has 0 fully saturated rings. The molecule has 2 aromatic rings. The van der Waals surface area contributed by atoms with Gasteiger partial charge in [0, 0.05) is 43.5 Å². The predicted octanol–water partition coefficient (Wildman–Crippen LogP) is 2.89. The summed E-state index contributed by atoms with van der Waals surface area (Å²) in [6.45, 7) is 5.22. The maximum Gasteiger partial charge on any atom is 0.270 e. The summed E-state index contributed by atoms with van der Waals surface area (Å²) >= 11 is 6.06. The van der Waals surface area contributed by atoms with E-state index in [2.05, 4.69) is 10.4 Å². The molecular weight excluding hydrogens is 292 g/mol. The van der Waals surface area contributed by atoms with Crippen LogP contribution in [0.3, 0.4) is 0 Å². The standard InChI is InChI=1S/C14H17ClN4O2/c1-9-13(10(2)18(3)17-9)8-16-7-11-4-5-12(19(20)21)6-14(11)15/h4-6,16H,7-8H2,1-3H3. The molecule has 1 N–H and O–H groups in total. The number of rotatable bonds is 5. The summed E-state index contributed by atoms with van der Waals surface area (Å²) in [6, 6.07) is 4.51. The Balaban J connectivity index is 2.02. The molecule has 0 unspecified atom stereocenters. The van der Waals surface area contributed by atoms with Crippen molar-refractivity contribution in [2.75, 3.05) is 0 Å². The lowest BCUT2D eigenvalue weighted by Crippen LogP contribution is -2.14. The number of benzene rings is 1. The first-order chi connectivity index (χ1) is 9.90. The summed E-state index contributed by atoms with van der Waals surface area (Å²) in [4.78, 5) is 10.2. The number of nitro benzene ring substituents is 1. The zero-order valence-corrected chi connectivity index (χ0v) is 12.9. The van der Waals surface area contributed by atoms with Crippen LogP contribution in [0.15, 0.2) is 18.2 Å². The molecule has 1 aromatic heterocycles. The van der Waals surface area contributed by atoms with Gasteiger partial charge >= 0.3 is 0 Å². The van der Waals surface area contributed by atoms with Crippen molar-refractivity contribution < 1.29 is 4.92 Å². The fraction of sp³-hybridized carbons (Fsp3) is 0.357. The first-order valence-corrected chi connectivity index (χ1v) is 6.90. The molecule has 21 heavy (non-hydrogen) atoms. The zero-order chi connectivity index (χ0) is 15.6. The van der Waals surface area contributed by atoms with Crippen LogP contribution in [0.5, 0.6) is 0 Å². The molecule has 0 aliphatic heterocycles. The predicted molar refractivity (Wildman–Crippen MR) is 81.3 cm³/mol. The first-order valence-electron chi connectivity index (χ1n) is 6.52.